The number of allylic oxidation sites excluding steroid dienone is 5. The second-order valence-electron chi connectivity index (χ2n) is 38.3. The van der Waals surface area contributed by atoms with Crippen LogP contribution < -0.4 is 16.0 Å². The van der Waals surface area contributed by atoms with Gasteiger partial charge in [-0.3, -0.25) is 14.4 Å². The number of ether oxygens (including phenoxy) is 3. The number of hydrogen-bond donors (Lipinski definition) is 3. The van der Waals surface area contributed by atoms with Crippen LogP contribution in [0, 0.1) is 117 Å². The van der Waals surface area contributed by atoms with E-state index in [1.165, 1.54) is 115 Å². The van der Waals surface area contributed by atoms with Crippen molar-refractivity contribution >= 4 is 17.3 Å². The van der Waals surface area contributed by atoms with Crippen molar-refractivity contribution in [3.8, 4) is 0 Å². The molecule has 0 aromatic heterocycles. The summed E-state index contributed by atoms with van der Waals surface area (Å²) in [5.74, 6) is 13.9. The quantitative estimate of drug-likeness (QED) is 0.204. The third kappa shape index (κ3) is 10.6. The number of piperidine rings is 3. The maximum atomic E-state index is 12.2. The van der Waals surface area contributed by atoms with Crippen molar-refractivity contribution in [2.24, 2.45) is 117 Å². The molecule has 14 fully saturated rings. The van der Waals surface area contributed by atoms with Crippen LogP contribution in [-0.4, -0.2) is 90.2 Å². The fraction of sp³-hybridized carbons (Fsp3) is 0.869. The Morgan fingerprint density at radius 2 is 0.796 bits per heavy atom. The van der Waals surface area contributed by atoms with Gasteiger partial charge in [0.25, 0.3) is 0 Å². The average Bonchev–Trinajstić information content (AvgIpc) is 1.60. The Hall–Kier alpha value is -2.27. The number of ketones is 3. The Bertz CT molecular complexity index is 2970. The summed E-state index contributed by atoms with van der Waals surface area (Å²) in [6.07, 6.45) is 37.2. The fourth-order valence-electron chi connectivity index (χ4n) is 28.3. The minimum absolute atomic E-state index is 0.0458. The predicted octanol–water partition coefficient (Wildman–Crippen LogP) is 17.0. The Balaban J connectivity index is 0.000000111. The predicted molar refractivity (Wildman–Crippen MR) is 371 cm³/mol. The maximum absolute atomic E-state index is 12.2. The molecule has 3 N–H and O–H groups in total. The van der Waals surface area contributed by atoms with Crippen LogP contribution >= 0.6 is 0 Å². The number of fused-ring (bicyclic) bond motifs is 18. The van der Waals surface area contributed by atoms with Gasteiger partial charge in [0.1, 0.15) is 11.6 Å². The van der Waals surface area contributed by atoms with E-state index in [9.17, 15) is 14.4 Å². The Labute approximate surface area is 563 Å². The smallest absolute Gasteiger partial charge is 0.155 e. The zero-order chi connectivity index (χ0) is 64.6. The molecule has 93 heavy (non-hydrogen) atoms. The summed E-state index contributed by atoms with van der Waals surface area (Å²) in [7, 11) is 0. The third-order valence-corrected chi connectivity index (χ3v) is 33.8. The minimum atomic E-state index is 0.0458. The van der Waals surface area contributed by atoms with E-state index in [1.54, 1.807) is 22.3 Å². The van der Waals surface area contributed by atoms with Gasteiger partial charge < -0.3 is 30.2 Å². The molecule has 6 heterocycles. The molecule has 0 aromatic carbocycles. The van der Waals surface area contributed by atoms with Gasteiger partial charge in [-0.1, -0.05) is 101 Å². The molecule has 12 aliphatic carbocycles. The molecule has 18 rings (SSSR count). The van der Waals surface area contributed by atoms with E-state index in [-0.39, 0.29) is 22.2 Å². The summed E-state index contributed by atoms with van der Waals surface area (Å²) in [5.41, 5.74) is 13.1. The van der Waals surface area contributed by atoms with Crippen LogP contribution in [0.1, 0.15) is 269 Å². The number of nitrogens with one attached hydrogen (secondary N) is 3. The van der Waals surface area contributed by atoms with Crippen LogP contribution in [-0.2, 0) is 28.6 Å². The normalized spacial score (nSPS) is 53.4. The van der Waals surface area contributed by atoms with Crippen LogP contribution in [0.25, 0.3) is 0 Å². The summed E-state index contributed by atoms with van der Waals surface area (Å²) in [5, 5.41) is 11.6. The number of Topliss-reactive ketones (excluding diaryl/α,β-unsaturated/α-hetero) is 2. The SMILES string of the molecule is CC1=C2C[C@H]3[C@@H](CCC4=CC(=O)CC[C@@]43C)[C@@H]2CC[C@@]2(C1)O[C@@H]1C[C@H](C)CN[C@H]1[C@H]2C.CC1=C2C[C@H]3[C@@H](CC[C@@H]4CC(=O)CC[C@@]43C)[C@@H]2CC[C@@]2(C1)O[C@@H]1C[C@H](C)CN[C@H]1[C@H]2C.CC1=C2C[C@H]3[C@@H](CC[C@H]4CC(=O)CC[C@@]43C)[C@@H]2CC[C@@]2(C1)O[C@@H]1C[C@H](C)CN[C@H]1[C@H]2C. The van der Waals surface area contributed by atoms with E-state index in [0.717, 1.165) is 168 Å². The molecule has 0 aromatic rings. The van der Waals surface area contributed by atoms with Crippen LogP contribution in [0.4, 0.5) is 0 Å². The van der Waals surface area contributed by atoms with Crippen molar-refractivity contribution in [1.29, 1.82) is 0 Å². The highest BCUT2D eigenvalue weighted by Crippen LogP contribution is 2.69. The second-order valence-corrected chi connectivity index (χ2v) is 38.3. The first-order valence-electron chi connectivity index (χ1n) is 40.0. The zero-order valence-electron chi connectivity index (χ0n) is 60.4. The van der Waals surface area contributed by atoms with E-state index in [1.807, 2.05) is 17.2 Å². The molecule has 9 nitrogen and oxygen atoms in total. The summed E-state index contributed by atoms with van der Waals surface area (Å²) in [6, 6.07) is 1.64. The Morgan fingerprint density at radius 3 is 1.19 bits per heavy atom. The lowest BCUT2D eigenvalue weighted by Crippen LogP contribution is -2.48. The van der Waals surface area contributed by atoms with E-state index in [2.05, 4.69) is 99.0 Å². The van der Waals surface area contributed by atoms with Crippen molar-refractivity contribution < 1.29 is 28.6 Å². The largest absolute Gasteiger partial charge is 0.369 e. The van der Waals surface area contributed by atoms with E-state index < -0.39 is 0 Å². The second kappa shape index (κ2) is 24.0. The summed E-state index contributed by atoms with van der Waals surface area (Å²) in [6.45, 7) is 32.9. The lowest BCUT2D eigenvalue weighted by molar-refractivity contribution is -0.130. The van der Waals surface area contributed by atoms with Gasteiger partial charge in [-0.05, 0) is 300 Å². The zero-order valence-corrected chi connectivity index (χ0v) is 60.4. The first kappa shape index (κ1) is 65.3. The summed E-state index contributed by atoms with van der Waals surface area (Å²) in [4.78, 5) is 36.4. The maximum Gasteiger partial charge on any atom is 0.155 e. The number of carbonyl (C=O) groups excluding carboxylic acids is 3. The van der Waals surface area contributed by atoms with Gasteiger partial charge in [-0.25, -0.2) is 0 Å². The van der Waals surface area contributed by atoms with Crippen molar-refractivity contribution in [2.45, 2.75) is 323 Å². The van der Waals surface area contributed by atoms with Crippen molar-refractivity contribution in [3.63, 3.8) is 0 Å². The Kier molecular flexibility index (Phi) is 16.8. The van der Waals surface area contributed by atoms with Gasteiger partial charge in [0.05, 0.1) is 35.1 Å². The Morgan fingerprint density at radius 1 is 0.419 bits per heavy atom. The molecule has 6 aliphatic heterocycles. The van der Waals surface area contributed by atoms with Crippen molar-refractivity contribution in [1.82, 2.24) is 16.0 Å². The first-order valence-corrected chi connectivity index (χ1v) is 40.0. The standard InChI is InChI=1S/2C28H43NO2.C28H41NO2/c3*1-16-11-25-26(29-15-16)18(3)28(31-25)10-8-21-22-6-5-19-12-20(30)7-9-27(19,4)24(22)13-23(21)17(2)14-28/h2*16,18-19,21-22,24-26,29H,5-15H2,1-4H3;12,16,18,21-22,24-26,29H,5-11,13-15H2,1-4H3/t16-,18+,19+,21-,22-,24-,25+,26-,27-,28-;16-,18+,19-,21-,22-,24-,25+,26-,27-,28-;16-,18+,21-,22-,24-,25+,26-,27-,28-/m000/s1. The van der Waals surface area contributed by atoms with Gasteiger partial charge in [0, 0.05) is 68.0 Å². The molecule has 0 unspecified atom stereocenters. The molecular formula is C84H127N3O6. The first-order chi connectivity index (χ1) is 44.4. The molecule has 18 aliphatic rings. The molecule has 0 amide bonds. The fourth-order valence-corrected chi connectivity index (χ4v) is 28.3. The molecule has 0 bridgehead atoms. The van der Waals surface area contributed by atoms with Gasteiger partial charge >= 0.3 is 0 Å². The van der Waals surface area contributed by atoms with Crippen LogP contribution in [0.15, 0.2) is 45.1 Å². The molecule has 514 valence electrons. The topological polar surface area (TPSA) is 115 Å². The lowest BCUT2D eigenvalue weighted by Gasteiger charge is -2.52. The average molecular weight is 1270 g/mol. The van der Waals surface area contributed by atoms with Gasteiger partial charge in [0.2, 0.25) is 0 Å². The molecule has 8 saturated carbocycles. The molecular weight excluding hydrogens is 1150 g/mol. The highest BCUT2D eigenvalue weighted by atomic mass is 16.5. The molecule has 29 atom stereocenters. The molecule has 6 saturated heterocycles. The number of rotatable bonds is 0. The van der Waals surface area contributed by atoms with Crippen molar-refractivity contribution in [3.05, 3.63) is 45.1 Å². The highest BCUT2D eigenvalue weighted by molar-refractivity contribution is 5.91. The highest BCUT2D eigenvalue weighted by Gasteiger charge is 2.64. The molecule has 0 radical (unpaired) electrons. The summed E-state index contributed by atoms with van der Waals surface area (Å²) >= 11 is 0. The third-order valence-electron chi connectivity index (χ3n) is 33.8. The minimum Gasteiger partial charge on any atom is -0.369 e. The monoisotopic (exact) mass is 1270 g/mol. The molecule has 3 spiro atoms. The van der Waals surface area contributed by atoms with E-state index in [4.69, 9.17) is 14.2 Å². The van der Waals surface area contributed by atoms with Crippen LogP contribution in [0.5, 0.6) is 0 Å². The van der Waals surface area contributed by atoms with Crippen LogP contribution in [0.2, 0.25) is 0 Å². The number of carbonyl (C=O) groups is 3. The van der Waals surface area contributed by atoms with E-state index >= 15 is 0 Å². The number of hydrogen-bond acceptors (Lipinski definition) is 9. The molecule has 9 heteroatoms. The van der Waals surface area contributed by atoms with E-state index in [0.29, 0.717) is 94.2 Å². The van der Waals surface area contributed by atoms with Gasteiger partial charge in [-0.15, -0.1) is 0 Å². The van der Waals surface area contributed by atoms with Crippen molar-refractivity contribution in [2.75, 3.05) is 19.6 Å². The van der Waals surface area contributed by atoms with Gasteiger partial charge in [-0.2, -0.15) is 0 Å². The lowest BCUT2D eigenvalue weighted by atomic mass is 9.52. The van der Waals surface area contributed by atoms with Gasteiger partial charge in [0.15, 0.2) is 5.78 Å². The summed E-state index contributed by atoms with van der Waals surface area (Å²) < 4.78 is 21.0. The van der Waals surface area contributed by atoms with Crippen LogP contribution in [0.3, 0.4) is 0 Å².